The minimum atomic E-state index is -3.51. The predicted octanol–water partition coefficient (Wildman–Crippen LogP) is 1.51. The highest BCUT2D eigenvalue weighted by atomic mass is 32.2. The average Bonchev–Trinajstić information content (AvgIpc) is 3.07. The SMILES string of the molecule is CC(C)n1cc(S(=O)(=O)NCCc2nccs2)cc1CN. The molecule has 0 saturated carbocycles. The monoisotopic (exact) mass is 328 g/mol. The van der Waals surface area contributed by atoms with Gasteiger partial charge in [0, 0.05) is 49.0 Å². The Bertz CT molecular complexity index is 675. The molecule has 0 aliphatic carbocycles. The van der Waals surface area contributed by atoms with Gasteiger partial charge in [-0.1, -0.05) is 0 Å². The van der Waals surface area contributed by atoms with Gasteiger partial charge in [-0.25, -0.2) is 18.1 Å². The van der Waals surface area contributed by atoms with Gasteiger partial charge in [-0.3, -0.25) is 0 Å². The number of thiazole rings is 1. The summed E-state index contributed by atoms with van der Waals surface area (Å²) in [4.78, 5) is 4.39. The Hall–Kier alpha value is -1.22. The second kappa shape index (κ2) is 6.69. The first kappa shape index (κ1) is 16.2. The first-order valence-corrected chi connectivity index (χ1v) is 9.09. The van der Waals surface area contributed by atoms with Gasteiger partial charge in [0.05, 0.1) is 9.90 Å². The largest absolute Gasteiger partial charge is 0.346 e. The van der Waals surface area contributed by atoms with Gasteiger partial charge in [-0.2, -0.15) is 0 Å². The molecule has 0 spiro atoms. The molecule has 0 radical (unpaired) electrons. The number of rotatable bonds is 7. The zero-order valence-corrected chi connectivity index (χ0v) is 13.7. The molecule has 2 aromatic rings. The van der Waals surface area contributed by atoms with Gasteiger partial charge >= 0.3 is 0 Å². The molecular formula is C13H20N4O2S2. The number of nitrogens with one attached hydrogen (secondary N) is 1. The summed E-state index contributed by atoms with van der Waals surface area (Å²) in [5.41, 5.74) is 6.48. The predicted molar refractivity (Wildman–Crippen MR) is 83.7 cm³/mol. The molecule has 2 rings (SSSR count). The van der Waals surface area contributed by atoms with E-state index in [0.29, 0.717) is 19.5 Å². The fraction of sp³-hybridized carbons (Fsp3) is 0.462. The van der Waals surface area contributed by atoms with Gasteiger partial charge in [-0.05, 0) is 19.9 Å². The van der Waals surface area contributed by atoms with Crippen LogP contribution in [0.3, 0.4) is 0 Å². The lowest BCUT2D eigenvalue weighted by Crippen LogP contribution is -2.25. The van der Waals surface area contributed by atoms with Crippen LogP contribution in [0.1, 0.15) is 30.6 Å². The van der Waals surface area contributed by atoms with Crippen molar-refractivity contribution < 1.29 is 8.42 Å². The van der Waals surface area contributed by atoms with E-state index in [1.54, 1.807) is 18.5 Å². The van der Waals surface area contributed by atoms with E-state index in [1.807, 2.05) is 23.8 Å². The van der Waals surface area contributed by atoms with Crippen LogP contribution in [-0.2, 0) is 23.0 Å². The first-order chi connectivity index (χ1) is 9.94. The van der Waals surface area contributed by atoms with Crippen LogP contribution in [0.4, 0.5) is 0 Å². The third kappa shape index (κ3) is 3.91. The number of sulfonamides is 1. The van der Waals surface area contributed by atoms with Crippen LogP contribution in [0.15, 0.2) is 28.7 Å². The Balaban J connectivity index is 2.08. The normalized spacial score (nSPS) is 12.2. The fourth-order valence-electron chi connectivity index (χ4n) is 2.04. The summed E-state index contributed by atoms with van der Waals surface area (Å²) in [6.07, 6.45) is 3.94. The van der Waals surface area contributed by atoms with E-state index in [1.165, 1.54) is 11.3 Å². The molecule has 8 heteroatoms. The zero-order chi connectivity index (χ0) is 15.5. The van der Waals surface area contributed by atoms with Gasteiger partial charge < -0.3 is 10.3 Å². The fourth-order valence-corrected chi connectivity index (χ4v) is 3.74. The third-order valence-electron chi connectivity index (χ3n) is 3.10. The molecule has 0 unspecified atom stereocenters. The highest BCUT2D eigenvalue weighted by Gasteiger charge is 2.18. The van der Waals surface area contributed by atoms with Gasteiger partial charge in [-0.15, -0.1) is 11.3 Å². The van der Waals surface area contributed by atoms with Crippen LogP contribution in [-0.4, -0.2) is 24.5 Å². The summed E-state index contributed by atoms with van der Waals surface area (Å²) in [5, 5.41) is 2.79. The zero-order valence-electron chi connectivity index (χ0n) is 12.1. The molecule has 21 heavy (non-hydrogen) atoms. The van der Waals surface area contributed by atoms with Gasteiger partial charge in [0.1, 0.15) is 0 Å². The molecule has 0 fully saturated rings. The van der Waals surface area contributed by atoms with Crippen molar-refractivity contribution in [2.24, 2.45) is 5.73 Å². The molecule has 6 nitrogen and oxygen atoms in total. The van der Waals surface area contributed by atoms with Crippen molar-refractivity contribution in [2.75, 3.05) is 6.54 Å². The Morgan fingerprint density at radius 1 is 1.48 bits per heavy atom. The number of nitrogens with two attached hydrogens (primary N) is 1. The van der Waals surface area contributed by atoms with Crippen molar-refractivity contribution in [2.45, 2.75) is 37.8 Å². The lowest BCUT2D eigenvalue weighted by molar-refractivity contribution is 0.569. The number of nitrogens with zero attached hydrogens (tertiary/aromatic N) is 2. The maximum Gasteiger partial charge on any atom is 0.242 e. The van der Waals surface area contributed by atoms with Gasteiger partial charge in [0.15, 0.2) is 0 Å². The minimum absolute atomic E-state index is 0.169. The van der Waals surface area contributed by atoms with E-state index in [2.05, 4.69) is 9.71 Å². The summed E-state index contributed by atoms with van der Waals surface area (Å²) < 4.78 is 29.1. The Morgan fingerprint density at radius 2 is 2.24 bits per heavy atom. The second-order valence-corrected chi connectivity index (χ2v) is 7.69. The lowest BCUT2D eigenvalue weighted by atomic mass is 10.3. The van der Waals surface area contributed by atoms with Crippen molar-refractivity contribution in [3.8, 4) is 0 Å². The van der Waals surface area contributed by atoms with Crippen molar-refractivity contribution in [1.29, 1.82) is 0 Å². The Morgan fingerprint density at radius 3 is 2.76 bits per heavy atom. The van der Waals surface area contributed by atoms with E-state index in [-0.39, 0.29) is 10.9 Å². The molecule has 0 amide bonds. The van der Waals surface area contributed by atoms with E-state index in [9.17, 15) is 8.42 Å². The molecule has 2 heterocycles. The Kier molecular flexibility index (Phi) is 5.15. The quantitative estimate of drug-likeness (QED) is 0.806. The smallest absolute Gasteiger partial charge is 0.242 e. The summed E-state index contributed by atoms with van der Waals surface area (Å²) in [5.74, 6) is 0. The maximum atomic E-state index is 12.3. The summed E-state index contributed by atoms with van der Waals surface area (Å²) in [7, 11) is -3.51. The van der Waals surface area contributed by atoms with Crippen molar-refractivity contribution in [1.82, 2.24) is 14.3 Å². The Labute approximate surface area is 129 Å². The molecule has 3 N–H and O–H groups in total. The van der Waals surface area contributed by atoms with Crippen molar-refractivity contribution in [3.05, 3.63) is 34.5 Å². The van der Waals surface area contributed by atoms with E-state index in [0.717, 1.165) is 10.7 Å². The molecule has 0 aliphatic heterocycles. The van der Waals surface area contributed by atoms with Crippen LogP contribution < -0.4 is 10.5 Å². The number of hydrogen-bond donors (Lipinski definition) is 2. The maximum absolute atomic E-state index is 12.3. The standard InChI is InChI=1S/C13H20N4O2S2/c1-10(2)17-9-12(7-11(17)8-14)21(18,19)16-4-3-13-15-5-6-20-13/h5-7,9-10,16H,3-4,8,14H2,1-2H3. The van der Waals surface area contributed by atoms with Crippen LogP contribution in [0, 0.1) is 0 Å². The highest BCUT2D eigenvalue weighted by molar-refractivity contribution is 7.89. The molecule has 0 saturated heterocycles. The minimum Gasteiger partial charge on any atom is -0.346 e. The number of hydrogen-bond acceptors (Lipinski definition) is 5. The highest BCUT2D eigenvalue weighted by Crippen LogP contribution is 2.18. The van der Waals surface area contributed by atoms with E-state index >= 15 is 0 Å². The molecule has 116 valence electrons. The summed E-state index contributed by atoms with van der Waals surface area (Å²) >= 11 is 1.52. The molecule has 2 aromatic heterocycles. The molecule has 0 bridgehead atoms. The van der Waals surface area contributed by atoms with Gasteiger partial charge in [0.25, 0.3) is 0 Å². The summed E-state index contributed by atoms with van der Waals surface area (Å²) in [6, 6.07) is 1.80. The molecular weight excluding hydrogens is 308 g/mol. The second-order valence-electron chi connectivity index (χ2n) is 4.95. The third-order valence-corrected chi connectivity index (χ3v) is 5.36. The van der Waals surface area contributed by atoms with Gasteiger partial charge in [0.2, 0.25) is 10.0 Å². The van der Waals surface area contributed by atoms with E-state index < -0.39 is 10.0 Å². The van der Waals surface area contributed by atoms with Crippen LogP contribution >= 0.6 is 11.3 Å². The topological polar surface area (TPSA) is 90.0 Å². The number of aromatic nitrogens is 2. The van der Waals surface area contributed by atoms with Crippen molar-refractivity contribution in [3.63, 3.8) is 0 Å². The summed E-state index contributed by atoms with van der Waals surface area (Å²) in [6.45, 7) is 4.63. The van der Waals surface area contributed by atoms with Crippen molar-refractivity contribution >= 4 is 21.4 Å². The van der Waals surface area contributed by atoms with E-state index in [4.69, 9.17) is 5.73 Å². The van der Waals surface area contributed by atoms with Crippen LogP contribution in [0.2, 0.25) is 0 Å². The lowest BCUT2D eigenvalue weighted by Gasteiger charge is -2.10. The molecule has 0 aliphatic rings. The molecule has 0 atom stereocenters. The first-order valence-electron chi connectivity index (χ1n) is 6.73. The van der Waals surface area contributed by atoms with Crippen LogP contribution in [0.25, 0.3) is 0 Å². The van der Waals surface area contributed by atoms with Crippen LogP contribution in [0.5, 0.6) is 0 Å². The average molecular weight is 328 g/mol. The molecule has 0 aromatic carbocycles.